The highest BCUT2D eigenvalue weighted by Gasteiger charge is 2.44. The molecule has 2 amide bonds. The Balaban J connectivity index is 1.86. The van der Waals surface area contributed by atoms with E-state index in [2.05, 4.69) is 24.5 Å². The van der Waals surface area contributed by atoms with Gasteiger partial charge in [-0.15, -0.1) is 3.89 Å². The second kappa shape index (κ2) is 7.87. The number of urea groups is 1. The normalized spacial score (nSPS) is 19.4. The van der Waals surface area contributed by atoms with Crippen LogP contribution in [0.15, 0.2) is 65.7 Å². The summed E-state index contributed by atoms with van der Waals surface area (Å²) in [6.07, 6.45) is 5.01. The Morgan fingerprint density at radius 2 is 1.84 bits per heavy atom. The first-order valence-corrected chi connectivity index (χ1v) is 9.37. The summed E-state index contributed by atoms with van der Waals surface area (Å²) >= 11 is 1.52. The number of hydrogen-bond acceptors (Lipinski definition) is 3. The Labute approximate surface area is 153 Å². The molecule has 0 radical (unpaired) electrons. The van der Waals surface area contributed by atoms with Crippen LogP contribution in [0.2, 0.25) is 0 Å². The van der Waals surface area contributed by atoms with E-state index in [4.69, 9.17) is 0 Å². The summed E-state index contributed by atoms with van der Waals surface area (Å²) in [6, 6.07) is 18.4. The molecule has 3 rings (SSSR count). The molecule has 0 aliphatic carbocycles. The van der Waals surface area contributed by atoms with Crippen LogP contribution in [-0.2, 0) is 0 Å². The average Bonchev–Trinajstić information content (AvgIpc) is 3.02. The Morgan fingerprint density at radius 3 is 2.60 bits per heavy atom. The van der Waals surface area contributed by atoms with Gasteiger partial charge in [-0.3, -0.25) is 10.6 Å². The molecule has 4 nitrogen and oxygen atoms in total. The fourth-order valence-electron chi connectivity index (χ4n) is 2.70. The molecule has 0 spiro atoms. The van der Waals surface area contributed by atoms with Crippen LogP contribution in [-0.4, -0.2) is 18.7 Å². The van der Waals surface area contributed by atoms with Crippen molar-refractivity contribution >= 4 is 29.7 Å². The first-order valence-electron chi connectivity index (χ1n) is 8.59. The molecule has 5 heteroatoms. The number of rotatable bonds is 6. The minimum atomic E-state index is -0.0501. The quantitative estimate of drug-likeness (QED) is 0.447. The zero-order valence-electron chi connectivity index (χ0n) is 14.6. The van der Waals surface area contributed by atoms with Gasteiger partial charge in [0.05, 0.1) is 11.6 Å². The van der Waals surface area contributed by atoms with Gasteiger partial charge in [0.2, 0.25) is 0 Å². The van der Waals surface area contributed by atoms with E-state index in [1.165, 1.54) is 11.9 Å². The number of benzene rings is 2. The standard InChI is InChI=1S/C20H23N3OS/c1-3-16(2)21-15-22-20(24)23(25-18-10-5-4-6-11-18)14-13-17-9-7-8-12-19(17)23/h4-14,16,21H,3,15H2,1-2H3/p+1/t16?,23-/m0/s1. The second-order valence-corrected chi connectivity index (χ2v) is 7.34. The summed E-state index contributed by atoms with van der Waals surface area (Å²) in [5.41, 5.74) is 2.06. The van der Waals surface area contributed by atoms with Crippen LogP contribution in [0.1, 0.15) is 25.8 Å². The Hall–Kier alpha value is -2.08. The molecule has 0 saturated carbocycles. The van der Waals surface area contributed by atoms with E-state index in [1.54, 1.807) is 0 Å². The lowest BCUT2D eigenvalue weighted by Gasteiger charge is -2.27. The van der Waals surface area contributed by atoms with Crippen molar-refractivity contribution in [1.29, 1.82) is 0 Å². The summed E-state index contributed by atoms with van der Waals surface area (Å²) in [5.74, 6) is 0. The first kappa shape index (κ1) is 17.7. The average molecular weight is 354 g/mol. The Bertz CT molecular complexity index is 763. The number of amides is 2. The van der Waals surface area contributed by atoms with Gasteiger partial charge in [-0.05, 0) is 31.5 Å². The summed E-state index contributed by atoms with van der Waals surface area (Å²) in [6.45, 7) is 4.69. The van der Waals surface area contributed by atoms with Gasteiger partial charge in [0, 0.05) is 23.7 Å². The lowest BCUT2D eigenvalue weighted by molar-refractivity contribution is 0.232. The van der Waals surface area contributed by atoms with Crippen molar-refractivity contribution in [3.05, 3.63) is 66.4 Å². The van der Waals surface area contributed by atoms with Crippen molar-refractivity contribution in [3.63, 3.8) is 0 Å². The van der Waals surface area contributed by atoms with Gasteiger partial charge in [0.1, 0.15) is 18.1 Å². The van der Waals surface area contributed by atoms with Crippen LogP contribution in [0.4, 0.5) is 10.5 Å². The van der Waals surface area contributed by atoms with E-state index in [-0.39, 0.29) is 9.92 Å². The van der Waals surface area contributed by atoms with Gasteiger partial charge in [0.25, 0.3) is 0 Å². The highest BCUT2D eigenvalue weighted by Crippen LogP contribution is 2.44. The predicted octanol–water partition coefficient (Wildman–Crippen LogP) is 4.74. The maximum absolute atomic E-state index is 13.2. The molecule has 0 bridgehead atoms. The fourth-order valence-corrected chi connectivity index (χ4v) is 3.85. The third-order valence-electron chi connectivity index (χ3n) is 4.36. The summed E-state index contributed by atoms with van der Waals surface area (Å²) in [5, 5.41) is 6.36. The molecule has 1 heterocycles. The third kappa shape index (κ3) is 3.79. The number of fused-ring (bicyclic) bond motifs is 1. The summed E-state index contributed by atoms with van der Waals surface area (Å²) in [7, 11) is 0. The van der Waals surface area contributed by atoms with Crippen LogP contribution < -0.4 is 14.5 Å². The smallest absolute Gasteiger partial charge is 0.297 e. The molecule has 1 aliphatic heterocycles. The number of para-hydroxylation sites is 1. The zero-order chi connectivity index (χ0) is 17.7. The molecule has 0 fully saturated rings. The van der Waals surface area contributed by atoms with Crippen LogP contribution in [0.3, 0.4) is 0 Å². The number of hydrogen-bond donors (Lipinski definition) is 2. The highest BCUT2D eigenvalue weighted by atomic mass is 32.2. The molecule has 1 aliphatic rings. The first-order chi connectivity index (χ1) is 12.2. The number of carbonyl (C=O) groups is 1. The van der Waals surface area contributed by atoms with Gasteiger partial charge >= 0.3 is 6.03 Å². The van der Waals surface area contributed by atoms with E-state index >= 15 is 0 Å². The number of nitrogens with zero attached hydrogens (tertiary/aromatic N) is 1. The Kier molecular flexibility index (Phi) is 5.58. The van der Waals surface area contributed by atoms with E-state index in [9.17, 15) is 4.79 Å². The van der Waals surface area contributed by atoms with Crippen molar-refractivity contribution in [2.75, 3.05) is 6.67 Å². The Morgan fingerprint density at radius 1 is 1.12 bits per heavy atom. The van der Waals surface area contributed by atoms with Crippen molar-refractivity contribution in [3.8, 4) is 0 Å². The molecule has 2 aromatic carbocycles. The molecule has 130 valence electrons. The molecular weight excluding hydrogens is 330 g/mol. The maximum atomic E-state index is 13.2. The van der Waals surface area contributed by atoms with Gasteiger partial charge in [-0.2, -0.15) is 0 Å². The van der Waals surface area contributed by atoms with Gasteiger partial charge in [-0.1, -0.05) is 37.3 Å². The zero-order valence-corrected chi connectivity index (χ0v) is 15.4. The molecule has 0 aromatic heterocycles. The molecule has 1 unspecified atom stereocenters. The molecular formula is C20H24N3OS+. The topological polar surface area (TPSA) is 41.1 Å². The van der Waals surface area contributed by atoms with E-state index in [0.29, 0.717) is 12.7 Å². The molecule has 2 N–H and O–H groups in total. The van der Waals surface area contributed by atoms with Crippen molar-refractivity contribution < 1.29 is 4.79 Å². The largest absolute Gasteiger partial charge is 0.439 e. The fraction of sp³-hybridized carbons (Fsp3) is 0.250. The lowest BCUT2D eigenvalue weighted by atomic mass is 10.2. The monoisotopic (exact) mass is 354 g/mol. The van der Waals surface area contributed by atoms with E-state index in [1.807, 2.05) is 66.9 Å². The van der Waals surface area contributed by atoms with Crippen molar-refractivity contribution in [2.24, 2.45) is 0 Å². The van der Waals surface area contributed by atoms with Crippen molar-refractivity contribution in [2.45, 2.75) is 31.2 Å². The van der Waals surface area contributed by atoms with Gasteiger partial charge in [0.15, 0.2) is 5.69 Å². The van der Waals surface area contributed by atoms with E-state index in [0.717, 1.165) is 22.6 Å². The highest BCUT2D eigenvalue weighted by molar-refractivity contribution is 7.99. The van der Waals surface area contributed by atoms with Gasteiger partial charge < -0.3 is 0 Å². The van der Waals surface area contributed by atoms with Gasteiger partial charge in [-0.25, -0.2) is 4.79 Å². The number of nitrogens with one attached hydrogen (secondary N) is 2. The summed E-state index contributed by atoms with van der Waals surface area (Å²) in [4.78, 5) is 14.2. The predicted molar refractivity (Wildman–Crippen MR) is 106 cm³/mol. The number of carbonyl (C=O) groups excluding carboxylic acids is 1. The third-order valence-corrected chi connectivity index (χ3v) is 5.61. The van der Waals surface area contributed by atoms with Crippen LogP contribution >= 0.6 is 11.9 Å². The van der Waals surface area contributed by atoms with Crippen LogP contribution in [0.25, 0.3) is 6.08 Å². The number of quaternary nitrogens is 1. The second-order valence-electron chi connectivity index (χ2n) is 6.11. The molecule has 0 saturated heterocycles. The summed E-state index contributed by atoms with van der Waals surface area (Å²) < 4.78 is 0.0857. The minimum absolute atomic E-state index is 0.0501. The lowest BCUT2D eigenvalue weighted by Crippen LogP contribution is -2.51. The molecule has 2 atom stereocenters. The molecule has 25 heavy (non-hydrogen) atoms. The van der Waals surface area contributed by atoms with Crippen LogP contribution in [0.5, 0.6) is 0 Å². The van der Waals surface area contributed by atoms with Crippen LogP contribution in [0, 0.1) is 0 Å². The van der Waals surface area contributed by atoms with E-state index < -0.39 is 0 Å². The SMILES string of the molecule is CCC(C)NCNC(=O)[N@+]1(Sc2ccccc2)C=Cc2ccccc21. The maximum Gasteiger partial charge on any atom is 0.439 e. The minimum Gasteiger partial charge on any atom is -0.297 e. The van der Waals surface area contributed by atoms with Crippen molar-refractivity contribution in [1.82, 2.24) is 14.5 Å². The molecule has 2 aromatic rings.